The fraction of sp³-hybridized carbons (Fsp3) is 0.312. The van der Waals surface area contributed by atoms with Gasteiger partial charge in [0, 0.05) is 17.8 Å². The van der Waals surface area contributed by atoms with E-state index in [1.165, 1.54) is 0 Å². The van der Waals surface area contributed by atoms with Gasteiger partial charge in [-0.2, -0.15) is 0 Å². The zero-order valence-corrected chi connectivity index (χ0v) is 12.7. The van der Waals surface area contributed by atoms with E-state index in [9.17, 15) is 4.79 Å². The number of hydrogen-bond acceptors (Lipinski definition) is 1. The molecule has 20 heavy (non-hydrogen) atoms. The molecule has 0 aliphatic heterocycles. The van der Waals surface area contributed by atoms with E-state index in [4.69, 9.17) is 11.6 Å². The van der Waals surface area contributed by atoms with E-state index in [1.54, 1.807) is 0 Å². The molecule has 106 valence electrons. The fourth-order valence-electron chi connectivity index (χ4n) is 2.19. The van der Waals surface area contributed by atoms with E-state index in [0.717, 1.165) is 17.7 Å². The molecular weight excluding hydrogens is 272 g/mol. The Morgan fingerprint density at radius 3 is 2.40 bits per heavy atom. The summed E-state index contributed by atoms with van der Waals surface area (Å²) in [5.74, 6) is -0.0533. The van der Waals surface area contributed by atoms with Gasteiger partial charge in [-0.3, -0.25) is 4.79 Å². The van der Waals surface area contributed by atoms with Crippen LogP contribution in [0.4, 0.5) is 0 Å². The van der Waals surface area contributed by atoms with Gasteiger partial charge < -0.3 is 9.88 Å². The molecule has 0 saturated carbocycles. The molecule has 0 bridgehead atoms. The number of aromatic nitrogens is 1. The number of benzene rings is 1. The van der Waals surface area contributed by atoms with Crippen molar-refractivity contribution in [1.82, 2.24) is 9.88 Å². The summed E-state index contributed by atoms with van der Waals surface area (Å²) in [4.78, 5) is 12.3. The van der Waals surface area contributed by atoms with E-state index in [0.29, 0.717) is 10.7 Å². The molecule has 1 heterocycles. The van der Waals surface area contributed by atoms with Crippen LogP contribution in [-0.4, -0.2) is 10.5 Å². The Hall–Kier alpha value is -1.74. The van der Waals surface area contributed by atoms with Crippen molar-refractivity contribution in [3.05, 3.63) is 58.4 Å². The second-order valence-electron chi connectivity index (χ2n) is 4.90. The van der Waals surface area contributed by atoms with Crippen LogP contribution < -0.4 is 5.32 Å². The normalized spacial score (nSPS) is 12.2. The van der Waals surface area contributed by atoms with Crippen molar-refractivity contribution in [3.63, 3.8) is 0 Å². The molecule has 0 saturated heterocycles. The van der Waals surface area contributed by atoms with E-state index in [-0.39, 0.29) is 11.9 Å². The maximum Gasteiger partial charge on any atom is 0.268 e. The van der Waals surface area contributed by atoms with Gasteiger partial charge in [0.05, 0.1) is 6.04 Å². The lowest BCUT2D eigenvalue weighted by Gasteiger charge is -2.18. The first kappa shape index (κ1) is 14.7. The molecule has 2 aromatic rings. The highest BCUT2D eigenvalue weighted by Crippen LogP contribution is 2.20. The summed E-state index contributed by atoms with van der Waals surface area (Å²) in [6, 6.07) is 11.4. The molecule has 0 spiro atoms. The number of carbonyl (C=O) groups is 1. The van der Waals surface area contributed by atoms with Crippen LogP contribution in [0.15, 0.2) is 36.4 Å². The first-order valence-corrected chi connectivity index (χ1v) is 7.09. The summed E-state index contributed by atoms with van der Waals surface area (Å²) >= 11 is 5.89. The lowest BCUT2D eigenvalue weighted by molar-refractivity contribution is 0.0927. The minimum Gasteiger partial charge on any atom is -0.344 e. The first-order valence-electron chi connectivity index (χ1n) is 6.71. The Kier molecular flexibility index (Phi) is 4.50. The Balaban J connectivity index is 2.16. The van der Waals surface area contributed by atoms with Crippen molar-refractivity contribution in [2.75, 3.05) is 0 Å². The summed E-state index contributed by atoms with van der Waals surface area (Å²) in [7, 11) is 1.90. The highest BCUT2D eigenvalue weighted by atomic mass is 35.5. The van der Waals surface area contributed by atoms with Crippen LogP contribution in [0.5, 0.6) is 0 Å². The third kappa shape index (κ3) is 3.05. The number of nitrogens with one attached hydrogen (secondary N) is 1. The molecule has 1 amide bonds. The van der Waals surface area contributed by atoms with Crippen molar-refractivity contribution in [1.29, 1.82) is 0 Å². The van der Waals surface area contributed by atoms with Gasteiger partial charge in [-0.05, 0) is 43.2 Å². The van der Waals surface area contributed by atoms with Crippen molar-refractivity contribution < 1.29 is 4.79 Å². The number of halogens is 1. The highest BCUT2D eigenvalue weighted by Gasteiger charge is 2.16. The number of rotatable bonds is 4. The Bertz CT molecular complexity index is 601. The van der Waals surface area contributed by atoms with Gasteiger partial charge in [0.1, 0.15) is 5.69 Å². The predicted octanol–water partition coefficient (Wildman–Crippen LogP) is 3.87. The van der Waals surface area contributed by atoms with E-state index >= 15 is 0 Å². The van der Waals surface area contributed by atoms with Gasteiger partial charge in [0.15, 0.2) is 0 Å². The van der Waals surface area contributed by atoms with Crippen LogP contribution in [0.25, 0.3) is 0 Å². The molecule has 2 rings (SSSR count). The van der Waals surface area contributed by atoms with Gasteiger partial charge >= 0.3 is 0 Å². The lowest BCUT2D eigenvalue weighted by Crippen LogP contribution is -2.29. The van der Waals surface area contributed by atoms with Crippen molar-refractivity contribution in [3.8, 4) is 0 Å². The molecule has 3 nitrogen and oxygen atoms in total. The summed E-state index contributed by atoms with van der Waals surface area (Å²) in [6.07, 6.45) is 0.830. The number of nitrogens with zero attached hydrogens (tertiary/aromatic N) is 1. The van der Waals surface area contributed by atoms with E-state index in [1.807, 2.05) is 54.9 Å². The van der Waals surface area contributed by atoms with E-state index in [2.05, 4.69) is 12.2 Å². The Labute approximate surface area is 124 Å². The van der Waals surface area contributed by atoms with Crippen LogP contribution in [0.2, 0.25) is 5.02 Å². The monoisotopic (exact) mass is 290 g/mol. The third-order valence-electron chi connectivity index (χ3n) is 3.59. The highest BCUT2D eigenvalue weighted by molar-refractivity contribution is 6.30. The first-order chi connectivity index (χ1) is 9.52. The van der Waals surface area contributed by atoms with Crippen LogP contribution in [0.3, 0.4) is 0 Å². The molecule has 1 atom stereocenters. The molecular formula is C16H19ClN2O. The maximum atomic E-state index is 12.3. The van der Waals surface area contributed by atoms with Crippen LogP contribution in [0.1, 0.15) is 41.1 Å². The minimum absolute atomic E-state index is 0.00465. The van der Waals surface area contributed by atoms with Gasteiger partial charge in [-0.25, -0.2) is 0 Å². The van der Waals surface area contributed by atoms with Crippen LogP contribution in [-0.2, 0) is 7.05 Å². The third-order valence-corrected chi connectivity index (χ3v) is 3.84. The molecule has 1 N–H and O–H groups in total. The summed E-state index contributed by atoms with van der Waals surface area (Å²) in [5.41, 5.74) is 2.81. The zero-order valence-electron chi connectivity index (χ0n) is 12.0. The molecule has 0 fully saturated rings. The second kappa shape index (κ2) is 6.14. The number of carbonyl (C=O) groups excluding carboxylic acids is 1. The second-order valence-corrected chi connectivity index (χ2v) is 5.34. The van der Waals surface area contributed by atoms with E-state index < -0.39 is 0 Å². The number of amides is 1. The van der Waals surface area contributed by atoms with Gasteiger partial charge in [0.2, 0.25) is 0 Å². The average Bonchev–Trinajstić information content (AvgIpc) is 2.77. The molecule has 4 heteroatoms. The molecule has 0 radical (unpaired) electrons. The average molecular weight is 291 g/mol. The molecule has 1 aromatic carbocycles. The summed E-state index contributed by atoms with van der Waals surface area (Å²) < 4.78 is 1.89. The molecule has 1 aromatic heterocycles. The maximum absolute atomic E-state index is 12.3. The fourth-order valence-corrected chi connectivity index (χ4v) is 2.32. The summed E-state index contributed by atoms with van der Waals surface area (Å²) in [5, 5.41) is 3.77. The van der Waals surface area contributed by atoms with Crippen LogP contribution >= 0.6 is 11.6 Å². The van der Waals surface area contributed by atoms with Crippen molar-refractivity contribution in [2.24, 2.45) is 7.05 Å². The predicted molar refractivity (Wildman–Crippen MR) is 82.1 cm³/mol. The number of hydrogen-bond donors (Lipinski definition) is 1. The topological polar surface area (TPSA) is 34.0 Å². The van der Waals surface area contributed by atoms with Crippen molar-refractivity contribution in [2.45, 2.75) is 26.3 Å². The van der Waals surface area contributed by atoms with Gasteiger partial charge in [-0.1, -0.05) is 30.7 Å². The minimum atomic E-state index is -0.0533. The SMILES string of the molecule is CC[C@@H](NC(=O)c1ccc(C)n1C)c1ccc(Cl)cc1. The lowest BCUT2D eigenvalue weighted by atomic mass is 10.0. The zero-order chi connectivity index (χ0) is 14.7. The molecule has 0 unspecified atom stereocenters. The smallest absolute Gasteiger partial charge is 0.268 e. The van der Waals surface area contributed by atoms with Gasteiger partial charge in [0.25, 0.3) is 5.91 Å². The Morgan fingerprint density at radius 1 is 1.25 bits per heavy atom. The van der Waals surface area contributed by atoms with Gasteiger partial charge in [-0.15, -0.1) is 0 Å². The number of aryl methyl sites for hydroxylation is 1. The summed E-state index contributed by atoms with van der Waals surface area (Å²) in [6.45, 7) is 4.03. The standard InChI is InChI=1S/C16H19ClN2O/c1-4-14(12-6-8-13(17)9-7-12)18-16(20)15-10-5-11(2)19(15)3/h5-10,14H,4H2,1-3H3,(H,18,20)/t14-/m1/s1. The van der Waals surface area contributed by atoms with Crippen molar-refractivity contribution >= 4 is 17.5 Å². The Morgan fingerprint density at radius 2 is 1.90 bits per heavy atom. The molecule has 0 aliphatic rings. The molecule has 0 aliphatic carbocycles. The quantitative estimate of drug-likeness (QED) is 0.911. The largest absolute Gasteiger partial charge is 0.344 e. The van der Waals surface area contributed by atoms with Crippen LogP contribution in [0, 0.1) is 6.92 Å².